The zero-order valence-corrected chi connectivity index (χ0v) is 19.5. The van der Waals surface area contributed by atoms with Gasteiger partial charge in [-0.3, -0.25) is 9.59 Å². The summed E-state index contributed by atoms with van der Waals surface area (Å²) in [7, 11) is -0.997. The number of carbonyl (C=O) groups is 2. The number of aromatic nitrogens is 1. The number of benzene rings is 2. The number of para-hydroxylation sites is 1. The first-order chi connectivity index (χ1) is 15.1. The molecular weight excluding hydrogens is 457 g/mol. The highest BCUT2D eigenvalue weighted by atomic mass is 32.2. The zero-order valence-electron chi connectivity index (χ0n) is 17.9. The van der Waals surface area contributed by atoms with E-state index < -0.39 is 27.7 Å². The number of hydrogen-bond donors (Lipinski definition) is 0. The summed E-state index contributed by atoms with van der Waals surface area (Å²) in [6.45, 7) is 3.19. The van der Waals surface area contributed by atoms with Gasteiger partial charge >= 0.3 is 5.97 Å². The van der Waals surface area contributed by atoms with Crippen LogP contribution < -0.4 is 4.80 Å². The van der Waals surface area contributed by atoms with Gasteiger partial charge < -0.3 is 9.30 Å². The number of thiazole rings is 1. The molecule has 1 aromatic heterocycles. The second-order valence-electron chi connectivity index (χ2n) is 7.19. The van der Waals surface area contributed by atoms with Crippen LogP contribution >= 0.6 is 11.3 Å². The van der Waals surface area contributed by atoms with Gasteiger partial charge in [0.2, 0.25) is 10.0 Å². The molecule has 1 heterocycles. The summed E-state index contributed by atoms with van der Waals surface area (Å²) in [5.41, 5.74) is 0.298. The van der Waals surface area contributed by atoms with Gasteiger partial charge in [0, 0.05) is 18.7 Å². The Bertz CT molecular complexity index is 1340. The second kappa shape index (κ2) is 9.31. The number of halogens is 1. The molecule has 3 rings (SSSR count). The number of fused-ring (bicyclic) bond motifs is 1. The van der Waals surface area contributed by atoms with E-state index in [0.29, 0.717) is 4.70 Å². The maximum absolute atomic E-state index is 14.4. The average Bonchev–Trinajstić information content (AvgIpc) is 3.10. The van der Waals surface area contributed by atoms with Crippen molar-refractivity contribution in [1.82, 2.24) is 8.87 Å². The third kappa shape index (κ3) is 4.64. The van der Waals surface area contributed by atoms with E-state index in [1.165, 1.54) is 59.4 Å². The van der Waals surface area contributed by atoms with Gasteiger partial charge in [-0.15, -0.1) is 0 Å². The molecule has 8 nitrogen and oxygen atoms in total. The minimum absolute atomic E-state index is 0.0509. The number of hydrogen-bond acceptors (Lipinski definition) is 6. The summed E-state index contributed by atoms with van der Waals surface area (Å²) in [5, 5.41) is 0. The van der Waals surface area contributed by atoms with Gasteiger partial charge in [0.25, 0.3) is 5.91 Å². The lowest BCUT2D eigenvalue weighted by Gasteiger charge is -2.20. The molecule has 0 bridgehead atoms. The van der Waals surface area contributed by atoms with Crippen LogP contribution in [0.15, 0.2) is 52.4 Å². The molecule has 1 amide bonds. The Morgan fingerprint density at radius 2 is 1.84 bits per heavy atom. The summed E-state index contributed by atoms with van der Waals surface area (Å²) >= 11 is 1.05. The highest BCUT2D eigenvalue weighted by Crippen LogP contribution is 2.21. The first kappa shape index (κ1) is 23.8. The number of sulfonamides is 1. The largest absolute Gasteiger partial charge is 0.468 e. The van der Waals surface area contributed by atoms with Crippen molar-refractivity contribution in [2.45, 2.75) is 31.3 Å². The van der Waals surface area contributed by atoms with Crippen molar-refractivity contribution in [3.8, 4) is 0 Å². The molecule has 2 aromatic carbocycles. The molecule has 0 radical (unpaired) electrons. The fraction of sp³-hybridized carbons (Fsp3) is 0.286. The van der Waals surface area contributed by atoms with Gasteiger partial charge in [-0.05, 0) is 50.2 Å². The lowest BCUT2D eigenvalue weighted by Crippen LogP contribution is -2.33. The number of rotatable bonds is 6. The third-order valence-corrected chi connectivity index (χ3v) is 7.96. The van der Waals surface area contributed by atoms with Gasteiger partial charge in [0.1, 0.15) is 12.4 Å². The van der Waals surface area contributed by atoms with Crippen molar-refractivity contribution in [3.63, 3.8) is 0 Å². The van der Waals surface area contributed by atoms with E-state index in [-0.39, 0.29) is 33.4 Å². The van der Waals surface area contributed by atoms with Crippen molar-refractivity contribution < 1.29 is 27.1 Å². The molecule has 11 heteroatoms. The van der Waals surface area contributed by atoms with E-state index >= 15 is 0 Å². The Morgan fingerprint density at radius 3 is 2.44 bits per heavy atom. The molecule has 0 N–H and O–H groups in total. The van der Waals surface area contributed by atoms with Gasteiger partial charge in [0.05, 0.1) is 22.2 Å². The summed E-state index contributed by atoms with van der Waals surface area (Å²) < 4.78 is 47.3. The lowest BCUT2D eigenvalue weighted by molar-refractivity contribution is -0.141. The van der Waals surface area contributed by atoms with Gasteiger partial charge in [-0.1, -0.05) is 17.4 Å². The molecule has 0 fully saturated rings. The summed E-state index contributed by atoms with van der Waals surface area (Å²) in [6.07, 6.45) is 0. The Balaban J connectivity index is 2.02. The van der Waals surface area contributed by atoms with E-state index in [9.17, 15) is 22.4 Å². The second-order valence-corrected chi connectivity index (χ2v) is 10.2. The molecule has 0 saturated carbocycles. The van der Waals surface area contributed by atoms with Crippen LogP contribution in [0.2, 0.25) is 0 Å². The van der Waals surface area contributed by atoms with Crippen LogP contribution in [-0.2, 0) is 26.1 Å². The standard InChI is InChI=1S/C21H22FN3O5S2/c1-13(2)24(3)32(28,29)15-10-8-14(9-11-15)20(27)23-21-25(12-18(26)30-4)19-16(22)6-5-7-17(19)31-21/h5-11,13H,12H2,1-4H3. The van der Waals surface area contributed by atoms with Crippen LogP contribution in [0.3, 0.4) is 0 Å². The van der Waals surface area contributed by atoms with Crippen LogP contribution in [-0.4, -0.2) is 49.4 Å². The van der Waals surface area contributed by atoms with Crippen LogP contribution in [0.25, 0.3) is 10.2 Å². The Morgan fingerprint density at radius 1 is 1.19 bits per heavy atom. The quantitative estimate of drug-likeness (QED) is 0.507. The molecular formula is C21H22FN3O5S2. The summed E-state index contributed by atoms with van der Waals surface area (Å²) in [6, 6.07) is 9.61. The molecule has 0 aliphatic heterocycles. The monoisotopic (exact) mass is 479 g/mol. The van der Waals surface area contributed by atoms with E-state index in [2.05, 4.69) is 9.73 Å². The van der Waals surface area contributed by atoms with Crippen LogP contribution in [0.5, 0.6) is 0 Å². The minimum Gasteiger partial charge on any atom is -0.468 e. The van der Waals surface area contributed by atoms with E-state index in [4.69, 9.17) is 0 Å². The Hall–Kier alpha value is -2.89. The molecule has 0 atom stereocenters. The van der Waals surface area contributed by atoms with Crippen LogP contribution in [0.1, 0.15) is 24.2 Å². The van der Waals surface area contributed by atoms with Gasteiger partial charge in [-0.25, -0.2) is 12.8 Å². The molecule has 0 saturated heterocycles. The fourth-order valence-electron chi connectivity index (χ4n) is 2.88. The number of carbonyl (C=O) groups excluding carboxylic acids is 2. The van der Waals surface area contributed by atoms with Crippen LogP contribution in [0, 0.1) is 5.82 Å². The van der Waals surface area contributed by atoms with Crippen molar-refractivity contribution in [2.75, 3.05) is 14.2 Å². The van der Waals surface area contributed by atoms with E-state index in [0.717, 1.165) is 11.3 Å². The highest BCUT2D eigenvalue weighted by molar-refractivity contribution is 7.89. The third-order valence-electron chi connectivity index (χ3n) is 4.87. The van der Waals surface area contributed by atoms with Crippen LogP contribution in [0.4, 0.5) is 4.39 Å². The van der Waals surface area contributed by atoms with Crippen molar-refractivity contribution in [2.24, 2.45) is 4.99 Å². The number of amides is 1. The molecule has 32 heavy (non-hydrogen) atoms. The first-order valence-electron chi connectivity index (χ1n) is 9.58. The normalized spacial score (nSPS) is 12.7. The smallest absolute Gasteiger partial charge is 0.325 e. The first-order valence-corrected chi connectivity index (χ1v) is 11.8. The predicted octanol–water partition coefficient (Wildman–Crippen LogP) is 2.78. The summed E-state index contributed by atoms with van der Waals surface area (Å²) in [4.78, 5) is 28.8. The van der Waals surface area contributed by atoms with E-state index in [1.54, 1.807) is 19.9 Å². The SMILES string of the molecule is COC(=O)Cn1c(=NC(=O)c2ccc(S(=O)(=O)N(C)C(C)C)cc2)sc2cccc(F)c21. The molecule has 3 aromatic rings. The average molecular weight is 480 g/mol. The maximum atomic E-state index is 14.4. The van der Waals surface area contributed by atoms with Gasteiger partial charge in [-0.2, -0.15) is 9.30 Å². The summed E-state index contributed by atoms with van der Waals surface area (Å²) in [5.74, 6) is -1.83. The Labute approximate surface area is 188 Å². The number of ether oxygens (including phenoxy) is 1. The topological polar surface area (TPSA) is 98.0 Å². The highest BCUT2D eigenvalue weighted by Gasteiger charge is 2.23. The van der Waals surface area contributed by atoms with Crippen molar-refractivity contribution in [3.05, 3.63) is 58.6 Å². The number of methoxy groups -OCH3 is 1. The number of esters is 1. The van der Waals surface area contributed by atoms with Crippen molar-refractivity contribution in [1.29, 1.82) is 0 Å². The molecule has 0 aliphatic carbocycles. The maximum Gasteiger partial charge on any atom is 0.325 e. The minimum atomic E-state index is -3.69. The zero-order chi connectivity index (χ0) is 23.6. The Kier molecular flexibility index (Phi) is 6.91. The van der Waals surface area contributed by atoms with Crippen molar-refractivity contribution >= 4 is 43.5 Å². The molecule has 0 spiro atoms. The molecule has 0 aliphatic rings. The lowest BCUT2D eigenvalue weighted by atomic mass is 10.2. The predicted molar refractivity (Wildman–Crippen MR) is 118 cm³/mol. The number of nitrogens with zero attached hydrogens (tertiary/aromatic N) is 3. The van der Waals surface area contributed by atoms with Gasteiger partial charge in [0.15, 0.2) is 4.80 Å². The fourth-order valence-corrected chi connectivity index (χ4v) is 5.29. The van der Waals surface area contributed by atoms with E-state index in [1.807, 2.05) is 0 Å². The molecule has 170 valence electrons. The molecule has 0 unspecified atom stereocenters.